The van der Waals surface area contributed by atoms with Crippen molar-refractivity contribution in [3.05, 3.63) is 76.3 Å². The van der Waals surface area contributed by atoms with E-state index in [4.69, 9.17) is 14.2 Å². The number of fused-ring (bicyclic) bond motifs is 4. The summed E-state index contributed by atoms with van der Waals surface area (Å²) in [5.74, 6) is 0.707. The van der Waals surface area contributed by atoms with Gasteiger partial charge in [0, 0.05) is 24.2 Å². The molecule has 6 N–H and O–H groups in total. The van der Waals surface area contributed by atoms with Crippen LogP contribution in [-0.4, -0.2) is 80.4 Å². The van der Waals surface area contributed by atoms with Gasteiger partial charge in [-0.1, -0.05) is 18.2 Å². The van der Waals surface area contributed by atoms with Crippen LogP contribution in [0.3, 0.4) is 0 Å². The van der Waals surface area contributed by atoms with Crippen LogP contribution in [-0.2, 0) is 24.0 Å². The zero-order chi connectivity index (χ0) is 28.1. The van der Waals surface area contributed by atoms with E-state index in [2.05, 4.69) is 4.90 Å². The number of methoxy groups -OCH3 is 1. The fourth-order valence-corrected chi connectivity index (χ4v) is 6.23. The van der Waals surface area contributed by atoms with Gasteiger partial charge in [0.2, 0.25) is 6.29 Å². The number of hydrogen-bond acceptors (Lipinski definition) is 10. The Labute approximate surface area is 231 Å². The number of aliphatic hydroxyl groups is 3. The molecule has 40 heavy (non-hydrogen) atoms. The van der Waals surface area contributed by atoms with Crippen LogP contribution in [0.4, 0.5) is 0 Å². The molecule has 0 spiro atoms. The Hall–Kier alpha value is -3.54. The summed E-state index contributed by atoms with van der Waals surface area (Å²) in [4.78, 5) is 2.34. The molecule has 10 heteroatoms. The minimum absolute atomic E-state index is 0.0285. The van der Waals surface area contributed by atoms with Gasteiger partial charge in [-0.25, -0.2) is 0 Å². The minimum Gasteiger partial charge on any atom is -0.508 e. The van der Waals surface area contributed by atoms with Crippen molar-refractivity contribution in [1.29, 1.82) is 0 Å². The number of phenols is 3. The lowest BCUT2D eigenvalue weighted by Crippen LogP contribution is -2.54. The fraction of sp³-hybridized carbons (Fsp3) is 0.400. The Bertz CT molecular complexity index is 1390. The standard InChI is InChI=1S/C30H33NO9/c1-38-25-13-19-16(12-22(25)33)8-9-31-20(19)11-17-4-7-24(40-30-29(37)27(35)23(34)14-39-30)28(36)26(17)21(31)10-15-2-5-18(32)6-3-15/h2-7,12-13,20-21,23,27,29-30,32-37H,8-11,14H2,1H3. The maximum atomic E-state index is 11.6. The molecule has 0 aromatic heterocycles. The predicted molar refractivity (Wildman–Crippen MR) is 143 cm³/mol. The number of aromatic hydroxyl groups is 3. The van der Waals surface area contributed by atoms with E-state index in [9.17, 15) is 30.6 Å². The third kappa shape index (κ3) is 4.61. The van der Waals surface area contributed by atoms with Crippen molar-refractivity contribution in [2.45, 2.75) is 55.9 Å². The second-order valence-electron chi connectivity index (χ2n) is 10.7. The van der Waals surface area contributed by atoms with Crippen LogP contribution in [0.5, 0.6) is 28.7 Å². The largest absolute Gasteiger partial charge is 0.508 e. The van der Waals surface area contributed by atoms with Crippen molar-refractivity contribution in [2.75, 3.05) is 20.3 Å². The van der Waals surface area contributed by atoms with E-state index in [1.54, 1.807) is 24.3 Å². The van der Waals surface area contributed by atoms with Gasteiger partial charge in [-0.05, 0) is 71.8 Å². The molecule has 1 saturated heterocycles. The summed E-state index contributed by atoms with van der Waals surface area (Å²) in [5.41, 5.74) is 4.71. The normalized spacial score (nSPS) is 27.8. The van der Waals surface area contributed by atoms with E-state index in [1.807, 2.05) is 24.3 Å². The number of ether oxygens (including phenoxy) is 3. The molecule has 3 aromatic carbocycles. The summed E-state index contributed by atoms with van der Waals surface area (Å²) in [6.45, 7) is 0.469. The first-order valence-corrected chi connectivity index (χ1v) is 13.4. The lowest BCUT2D eigenvalue weighted by molar-refractivity contribution is -0.242. The Balaban J connectivity index is 1.40. The highest BCUT2D eigenvalue weighted by Crippen LogP contribution is 2.51. The molecule has 3 aromatic rings. The van der Waals surface area contributed by atoms with Gasteiger partial charge < -0.3 is 44.8 Å². The topological polar surface area (TPSA) is 152 Å². The quantitative estimate of drug-likeness (QED) is 0.278. The highest BCUT2D eigenvalue weighted by atomic mass is 16.7. The summed E-state index contributed by atoms with van der Waals surface area (Å²) < 4.78 is 16.7. The molecular formula is C30H33NO9. The fourth-order valence-electron chi connectivity index (χ4n) is 6.23. The maximum Gasteiger partial charge on any atom is 0.229 e. The lowest BCUT2D eigenvalue weighted by Gasteiger charge is -2.47. The van der Waals surface area contributed by atoms with Crippen LogP contribution < -0.4 is 9.47 Å². The first-order chi connectivity index (χ1) is 19.2. The Morgan fingerprint density at radius 2 is 1.70 bits per heavy atom. The SMILES string of the molecule is COc1cc2c(cc1O)CCN1C2Cc2ccc(OC3OCC(O)C(O)C3O)c(O)c2C1Cc1ccc(O)cc1. The molecule has 3 aliphatic heterocycles. The van der Waals surface area contributed by atoms with E-state index in [1.165, 1.54) is 7.11 Å². The first-order valence-electron chi connectivity index (χ1n) is 13.4. The van der Waals surface area contributed by atoms with E-state index in [0.717, 1.165) is 22.3 Å². The van der Waals surface area contributed by atoms with Crippen molar-refractivity contribution in [3.63, 3.8) is 0 Å². The number of aliphatic hydroxyl groups excluding tert-OH is 3. The van der Waals surface area contributed by atoms with Crippen molar-refractivity contribution in [2.24, 2.45) is 0 Å². The monoisotopic (exact) mass is 551 g/mol. The number of phenolic OH excluding ortho intramolecular Hbond substituents is 3. The number of nitrogens with zero attached hydrogens (tertiary/aromatic N) is 1. The number of benzene rings is 3. The van der Waals surface area contributed by atoms with Gasteiger partial charge in [0.25, 0.3) is 0 Å². The zero-order valence-corrected chi connectivity index (χ0v) is 22.0. The van der Waals surface area contributed by atoms with E-state index >= 15 is 0 Å². The lowest BCUT2D eigenvalue weighted by atomic mass is 9.78. The highest BCUT2D eigenvalue weighted by molar-refractivity contribution is 5.56. The van der Waals surface area contributed by atoms with E-state index in [0.29, 0.717) is 37.1 Å². The van der Waals surface area contributed by atoms with Crippen LogP contribution in [0, 0.1) is 0 Å². The second kappa shape index (κ2) is 10.5. The van der Waals surface area contributed by atoms with Crippen molar-refractivity contribution in [3.8, 4) is 28.7 Å². The van der Waals surface area contributed by atoms with Crippen LogP contribution >= 0.6 is 0 Å². The zero-order valence-electron chi connectivity index (χ0n) is 22.0. The summed E-state index contributed by atoms with van der Waals surface area (Å²) in [6.07, 6.45) is -3.60. The average molecular weight is 552 g/mol. The molecule has 212 valence electrons. The first kappa shape index (κ1) is 26.7. The number of hydrogen-bond donors (Lipinski definition) is 6. The molecule has 10 nitrogen and oxygen atoms in total. The summed E-state index contributed by atoms with van der Waals surface area (Å²) in [7, 11) is 1.53. The van der Waals surface area contributed by atoms with E-state index in [-0.39, 0.29) is 41.7 Å². The summed E-state index contributed by atoms with van der Waals surface area (Å²) >= 11 is 0. The third-order valence-corrected chi connectivity index (χ3v) is 8.32. The molecule has 0 bridgehead atoms. The second-order valence-corrected chi connectivity index (χ2v) is 10.7. The number of rotatable bonds is 5. The maximum absolute atomic E-state index is 11.6. The van der Waals surface area contributed by atoms with Crippen LogP contribution in [0.2, 0.25) is 0 Å². The highest BCUT2D eigenvalue weighted by Gasteiger charge is 2.42. The molecule has 6 rings (SSSR count). The molecule has 6 unspecified atom stereocenters. The molecule has 1 fully saturated rings. The van der Waals surface area contributed by atoms with Crippen molar-refractivity contribution >= 4 is 0 Å². The molecule has 0 aliphatic carbocycles. The summed E-state index contributed by atoms with van der Waals surface area (Å²) in [5, 5.41) is 62.0. The molecule has 0 saturated carbocycles. The van der Waals surface area contributed by atoms with Gasteiger partial charge >= 0.3 is 0 Å². The predicted octanol–water partition coefficient (Wildman–Crippen LogP) is 2.07. The molecule has 3 heterocycles. The van der Waals surface area contributed by atoms with Gasteiger partial charge in [0.05, 0.1) is 13.7 Å². The van der Waals surface area contributed by atoms with Crippen LogP contribution in [0.15, 0.2) is 48.5 Å². The molecular weight excluding hydrogens is 518 g/mol. The summed E-state index contributed by atoms with van der Waals surface area (Å²) in [6, 6.07) is 13.9. The Kier molecular flexibility index (Phi) is 6.97. The van der Waals surface area contributed by atoms with Crippen molar-refractivity contribution < 1.29 is 44.8 Å². The van der Waals surface area contributed by atoms with Gasteiger partial charge in [0.1, 0.15) is 24.1 Å². The van der Waals surface area contributed by atoms with Gasteiger partial charge in [0.15, 0.2) is 23.0 Å². The van der Waals surface area contributed by atoms with E-state index < -0.39 is 24.6 Å². The van der Waals surface area contributed by atoms with Gasteiger partial charge in [-0.3, -0.25) is 4.90 Å². The Morgan fingerprint density at radius 3 is 2.45 bits per heavy atom. The van der Waals surface area contributed by atoms with Crippen LogP contribution in [0.25, 0.3) is 0 Å². The third-order valence-electron chi connectivity index (χ3n) is 8.32. The minimum atomic E-state index is -1.50. The van der Waals surface area contributed by atoms with Crippen molar-refractivity contribution in [1.82, 2.24) is 4.90 Å². The van der Waals surface area contributed by atoms with Gasteiger partial charge in [-0.15, -0.1) is 0 Å². The smallest absolute Gasteiger partial charge is 0.229 e. The van der Waals surface area contributed by atoms with Crippen LogP contribution in [0.1, 0.15) is 39.9 Å². The molecule has 0 amide bonds. The van der Waals surface area contributed by atoms with Gasteiger partial charge in [-0.2, -0.15) is 0 Å². The Morgan fingerprint density at radius 1 is 0.925 bits per heavy atom. The molecule has 6 atom stereocenters. The average Bonchev–Trinajstić information content (AvgIpc) is 2.95. The molecule has 3 aliphatic rings. The molecule has 0 radical (unpaired) electrons.